The van der Waals surface area contributed by atoms with E-state index in [-0.39, 0.29) is 0 Å². The van der Waals surface area contributed by atoms with Crippen molar-refractivity contribution in [3.05, 3.63) is 11.9 Å². The monoisotopic (exact) mass is 104 g/mol. The molecule has 0 heterocycles. The van der Waals surface area contributed by atoms with Gasteiger partial charge in [0.25, 0.3) is 0 Å². The van der Waals surface area contributed by atoms with Gasteiger partial charge < -0.3 is 0 Å². The fourth-order valence-corrected chi connectivity index (χ4v) is 1.50. The Labute approximate surface area is 37.7 Å². The van der Waals surface area contributed by atoms with Crippen molar-refractivity contribution in [2.75, 3.05) is 0 Å². The van der Waals surface area contributed by atoms with E-state index in [0.29, 0.717) is 0 Å². The molecule has 0 nitrogen and oxygen atoms in total. The largest absolute Gasteiger partial charge is 0.122 e. The van der Waals surface area contributed by atoms with Gasteiger partial charge in [0.15, 0.2) is 0 Å². The van der Waals surface area contributed by atoms with Crippen LogP contribution in [-0.2, 0) is 0 Å². The predicted octanol–water partition coefficient (Wildman–Crippen LogP) is 0.479. The van der Waals surface area contributed by atoms with Crippen LogP contribution in [0.25, 0.3) is 0 Å². The summed E-state index contributed by atoms with van der Waals surface area (Å²) in [5.74, 6) is 2.21. The highest BCUT2D eigenvalue weighted by Crippen LogP contribution is 1.98. The summed E-state index contributed by atoms with van der Waals surface area (Å²) in [5, 5.41) is 0. The van der Waals surface area contributed by atoms with Crippen LogP contribution in [0.15, 0.2) is 11.9 Å². The summed E-state index contributed by atoms with van der Waals surface area (Å²) in [7, 11) is 2.46. The van der Waals surface area contributed by atoms with E-state index in [1.54, 1.807) is 0 Å². The second-order valence-corrected chi connectivity index (χ2v) is 3.43. The minimum Gasteiger partial charge on any atom is -0.122 e. The van der Waals surface area contributed by atoms with Gasteiger partial charge in [0.1, 0.15) is 0 Å². The van der Waals surface area contributed by atoms with Crippen molar-refractivity contribution in [3.8, 4) is 0 Å². The lowest BCUT2D eigenvalue weighted by Crippen LogP contribution is -1.33. The minimum atomic E-state index is 1.12. The summed E-state index contributed by atoms with van der Waals surface area (Å²) in [6, 6.07) is 0. The van der Waals surface area contributed by atoms with Crippen LogP contribution < -0.4 is 0 Å². The van der Waals surface area contributed by atoms with Crippen LogP contribution in [0.4, 0.5) is 0 Å². The predicted molar refractivity (Wildman–Crippen MR) is 33.1 cm³/mol. The van der Waals surface area contributed by atoms with E-state index in [2.05, 4.69) is 18.8 Å². The zero-order valence-corrected chi connectivity index (χ0v) is 6.65. The van der Waals surface area contributed by atoms with Gasteiger partial charge in [0.05, 0.1) is 0 Å². The second-order valence-electron chi connectivity index (χ2n) is 0.789. The Hall–Kier alpha value is 0.387. The Bertz CT molecular complexity index is 33.9. The standard InChI is InChI=1S/C3H9PSi/c1-2-3-4-5/h2-4H,1,5H3. The second kappa shape index (κ2) is 4.39. The zero-order valence-electron chi connectivity index (χ0n) is 3.65. The highest BCUT2D eigenvalue weighted by atomic mass is 31.3. The molecule has 0 aliphatic carbocycles. The van der Waals surface area contributed by atoms with Gasteiger partial charge in [-0.05, 0) is 6.92 Å². The highest BCUT2D eigenvalue weighted by molar-refractivity contribution is 7.69. The van der Waals surface area contributed by atoms with E-state index in [1.165, 1.54) is 9.91 Å². The molecule has 5 heavy (non-hydrogen) atoms. The van der Waals surface area contributed by atoms with Gasteiger partial charge in [-0.1, -0.05) is 11.9 Å². The van der Waals surface area contributed by atoms with E-state index in [9.17, 15) is 0 Å². The van der Waals surface area contributed by atoms with E-state index < -0.39 is 0 Å². The number of rotatable bonds is 1. The van der Waals surface area contributed by atoms with Gasteiger partial charge >= 0.3 is 0 Å². The molecular formula is C3H9PSi. The van der Waals surface area contributed by atoms with Gasteiger partial charge in [0, 0.05) is 9.91 Å². The molecular weight excluding hydrogens is 95.1 g/mol. The molecule has 0 N–H and O–H groups in total. The molecule has 0 saturated carbocycles. The molecule has 1 unspecified atom stereocenters. The van der Waals surface area contributed by atoms with Crippen LogP contribution in [0.3, 0.4) is 0 Å². The SMILES string of the molecule is CC=CP[SiH3]. The van der Waals surface area contributed by atoms with Gasteiger partial charge in [-0.2, -0.15) is 0 Å². The molecule has 0 aromatic rings. The minimum absolute atomic E-state index is 1.12. The summed E-state index contributed by atoms with van der Waals surface area (Å²) in [6.45, 7) is 2.06. The molecule has 0 aromatic carbocycles. The maximum Gasteiger partial charge on any atom is 0.0338 e. The first-order valence-corrected chi connectivity index (χ1v) is 6.28. The Morgan fingerprint density at radius 2 is 2.40 bits per heavy atom. The van der Waals surface area contributed by atoms with E-state index in [0.717, 1.165) is 8.13 Å². The van der Waals surface area contributed by atoms with E-state index in [1.807, 2.05) is 0 Å². The van der Waals surface area contributed by atoms with Crippen LogP contribution in [0.5, 0.6) is 0 Å². The van der Waals surface area contributed by atoms with Crippen molar-refractivity contribution in [2.24, 2.45) is 0 Å². The third-order valence-corrected chi connectivity index (χ3v) is 2.00. The molecule has 2 heteroatoms. The van der Waals surface area contributed by atoms with Gasteiger partial charge in [-0.25, -0.2) is 0 Å². The fraction of sp³-hybridized carbons (Fsp3) is 0.333. The smallest absolute Gasteiger partial charge is 0.0338 e. The molecule has 0 aliphatic heterocycles. The number of hydrogen-bond donors (Lipinski definition) is 0. The summed E-state index contributed by atoms with van der Waals surface area (Å²) >= 11 is 0. The first-order valence-electron chi connectivity index (χ1n) is 1.70. The quantitative estimate of drug-likeness (QED) is 0.335. The molecule has 1 atom stereocenters. The molecule has 0 amide bonds. The average molecular weight is 104 g/mol. The Morgan fingerprint density at radius 1 is 1.80 bits per heavy atom. The van der Waals surface area contributed by atoms with E-state index >= 15 is 0 Å². The fourth-order valence-electron chi connectivity index (χ4n) is 0.167. The Kier molecular flexibility index (Phi) is 4.73. The van der Waals surface area contributed by atoms with Crippen LogP contribution >= 0.6 is 8.13 Å². The van der Waals surface area contributed by atoms with Crippen LogP contribution in [0.1, 0.15) is 6.92 Å². The lowest BCUT2D eigenvalue weighted by Gasteiger charge is -1.66. The third kappa shape index (κ3) is 4.39. The molecule has 30 valence electrons. The Morgan fingerprint density at radius 3 is 2.40 bits per heavy atom. The van der Waals surface area contributed by atoms with E-state index in [4.69, 9.17) is 0 Å². The lowest BCUT2D eigenvalue weighted by atomic mass is 10.8. The van der Waals surface area contributed by atoms with Crippen LogP contribution in [-0.4, -0.2) is 9.91 Å². The summed E-state index contributed by atoms with van der Waals surface area (Å²) in [6.07, 6.45) is 2.10. The van der Waals surface area contributed by atoms with Crippen LogP contribution in [0.2, 0.25) is 0 Å². The molecule has 0 rings (SSSR count). The van der Waals surface area contributed by atoms with Crippen molar-refractivity contribution in [2.45, 2.75) is 6.92 Å². The van der Waals surface area contributed by atoms with Crippen molar-refractivity contribution in [3.63, 3.8) is 0 Å². The number of hydrogen-bond acceptors (Lipinski definition) is 0. The summed E-state index contributed by atoms with van der Waals surface area (Å²) in [4.78, 5) is 0. The Balaban J connectivity index is 2.62. The molecule has 0 spiro atoms. The third-order valence-electron chi connectivity index (χ3n) is 0.333. The molecule has 0 radical (unpaired) electrons. The molecule has 0 fully saturated rings. The molecule has 0 aliphatic rings. The first kappa shape index (κ1) is 5.39. The highest BCUT2D eigenvalue weighted by Gasteiger charge is 1.51. The van der Waals surface area contributed by atoms with Gasteiger partial charge in [-0.15, -0.1) is 8.13 Å². The van der Waals surface area contributed by atoms with Gasteiger partial charge in [0.2, 0.25) is 0 Å². The summed E-state index contributed by atoms with van der Waals surface area (Å²) < 4.78 is 0. The first-order chi connectivity index (χ1) is 2.41. The topological polar surface area (TPSA) is 0 Å². The zero-order chi connectivity index (χ0) is 4.12. The van der Waals surface area contributed by atoms with Crippen molar-refractivity contribution >= 4 is 18.0 Å². The number of allylic oxidation sites excluding steroid dienone is 1. The van der Waals surface area contributed by atoms with Crippen molar-refractivity contribution < 1.29 is 0 Å². The lowest BCUT2D eigenvalue weighted by molar-refractivity contribution is 1.79. The van der Waals surface area contributed by atoms with Crippen LogP contribution in [0, 0.1) is 0 Å². The van der Waals surface area contributed by atoms with Crippen molar-refractivity contribution in [1.29, 1.82) is 0 Å². The van der Waals surface area contributed by atoms with Crippen molar-refractivity contribution in [1.82, 2.24) is 0 Å². The maximum absolute atomic E-state index is 2.21. The molecule has 0 aromatic heterocycles. The maximum atomic E-state index is 2.21. The molecule has 0 bridgehead atoms. The summed E-state index contributed by atoms with van der Waals surface area (Å²) in [5.41, 5.74) is 0. The molecule has 0 saturated heterocycles. The van der Waals surface area contributed by atoms with Gasteiger partial charge in [-0.3, -0.25) is 0 Å². The normalized spacial score (nSPS) is 13.0. The average Bonchev–Trinajstić information content (AvgIpc) is 1.41.